The average Bonchev–Trinajstić information content (AvgIpc) is 2.55. The Kier molecular flexibility index (Phi) is 5.32. The predicted octanol–water partition coefficient (Wildman–Crippen LogP) is 2.64. The molecule has 1 N–H and O–H groups in total. The van der Waals surface area contributed by atoms with Crippen molar-refractivity contribution in [3.05, 3.63) is 54.2 Å². The van der Waals surface area contributed by atoms with E-state index in [0.717, 1.165) is 0 Å². The van der Waals surface area contributed by atoms with Crippen molar-refractivity contribution in [2.45, 2.75) is 0 Å². The molecular formula is C16H16N4O2. The van der Waals surface area contributed by atoms with Crippen LogP contribution in [0.4, 0.5) is 16.3 Å². The van der Waals surface area contributed by atoms with Gasteiger partial charge in [0.25, 0.3) is 0 Å². The number of rotatable bonds is 5. The Bertz CT molecular complexity index is 650. The van der Waals surface area contributed by atoms with E-state index in [0.29, 0.717) is 23.6 Å². The molecule has 0 unspecified atom stereocenters. The average molecular weight is 296 g/mol. The lowest BCUT2D eigenvalue weighted by atomic mass is 10.3. The summed E-state index contributed by atoms with van der Waals surface area (Å²) in [5.74, 6) is 0.714. The van der Waals surface area contributed by atoms with Crippen molar-refractivity contribution in [3.8, 4) is 6.07 Å². The van der Waals surface area contributed by atoms with Gasteiger partial charge < -0.3 is 9.64 Å². The van der Waals surface area contributed by atoms with Crippen LogP contribution in [0.25, 0.3) is 0 Å². The number of hydrogen-bond donors (Lipinski definition) is 1. The largest absolute Gasteiger partial charge is 0.447 e. The van der Waals surface area contributed by atoms with Gasteiger partial charge in [0.05, 0.1) is 12.1 Å². The maximum Gasteiger partial charge on any atom is 0.411 e. The van der Waals surface area contributed by atoms with Gasteiger partial charge in [0.2, 0.25) is 0 Å². The summed E-state index contributed by atoms with van der Waals surface area (Å²) >= 11 is 0. The molecule has 6 nitrogen and oxygen atoms in total. The Balaban J connectivity index is 1.75. The van der Waals surface area contributed by atoms with Gasteiger partial charge in [-0.15, -0.1) is 0 Å². The van der Waals surface area contributed by atoms with Crippen LogP contribution in [0.5, 0.6) is 0 Å². The van der Waals surface area contributed by atoms with E-state index >= 15 is 0 Å². The summed E-state index contributed by atoms with van der Waals surface area (Å²) in [7, 11) is 1.84. The first kappa shape index (κ1) is 15.3. The number of hydrogen-bond acceptors (Lipinski definition) is 5. The molecule has 2 rings (SSSR count). The van der Waals surface area contributed by atoms with E-state index in [2.05, 4.69) is 10.3 Å². The predicted molar refractivity (Wildman–Crippen MR) is 83.6 cm³/mol. The number of nitrogens with zero attached hydrogens (tertiary/aromatic N) is 3. The number of likely N-dealkylation sites (N-methyl/N-ethyl adjacent to an activating group) is 1. The molecule has 0 aliphatic heterocycles. The van der Waals surface area contributed by atoms with Crippen molar-refractivity contribution in [2.24, 2.45) is 0 Å². The number of aromatic nitrogens is 1. The first-order valence-electron chi connectivity index (χ1n) is 6.75. The van der Waals surface area contributed by atoms with Crippen LogP contribution in [0.2, 0.25) is 0 Å². The maximum atomic E-state index is 11.6. The van der Waals surface area contributed by atoms with E-state index < -0.39 is 6.09 Å². The van der Waals surface area contributed by atoms with Crippen LogP contribution < -0.4 is 10.2 Å². The van der Waals surface area contributed by atoms with E-state index in [1.807, 2.05) is 36.2 Å². The van der Waals surface area contributed by atoms with E-state index in [1.165, 1.54) is 6.20 Å². The number of benzene rings is 1. The van der Waals surface area contributed by atoms with Crippen LogP contribution in [0.1, 0.15) is 5.56 Å². The van der Waals surface area contributed by atoms with Gasteiger partial charge in [0.1, 0.15) is 18.5 Å². The SMILES string of the molecule is CN(CCOC(=O)Nc1ccccc1)c1ccc(C#N)cn1. The topological polar surface area (TPSA) is 78.2 Å². The summed E-state index contributed by atoms with van der Waals surface area (Å²) < 4.78 is 5.11. The van der Waals surface area contributed by atoms with Crippen molar-refractivity contribution in [1.29, 1.82) is 5.26 Å². The highest BCUT2D eigenvalue weighted by Gasteiger charge is 2.06. The second kappa shape index (κ2) is 7.64. The van der Waals surface area contributed by atoms with Gasteiger partial charge in [-0.25, -0.2) is 9.78 Å². The van der Waals surface area contributed by atoms with Crippen molar-refractivity contribution >= 4 is 17.6 Å². The lowest BCUT2D eigenvalue weighted by Gasteiger charge is -2.17. The van der Waals surface area contributed by atoms with Gasteiger partial charge >= 0.3 is 6.09 Å². The fourth-order valence-electron chi connectivity index (χ4n) is 1.74. The van der Waals surface area contributed by atoms with Crippen LogP contribution in [0.15, 0.2) is 48.7 Å². The fourth-order valence-corrected chi connectivity index (χ4v) is 1.74. The highest BCUT2D eigenvalue weighted by Crippen LogP contribution is 2.09. The number of amides is 1. The molecule has 22 heavy (non-hydrogen) atoms. The van der Waals surface area contributed by atoms with Gasteiger partial charge in [0.15, 0.2) is 0 Å². The van der Waals surface area contributed by atoms with Crippen molar-refractivity contribution in [3.63, 3.8) is 0 Å². The van der Waals surface area contributed by atoms with E-state index in [4.69, 9.17) is 10.00 Å². The number of pyridine rings is 1. The number of nitrogens with one attached hydrogen (secondary N) is 1. The van der Waals surface area contributed by atoms with Gasteiger partial charge in [-0.3, -0.25) is 5.32 Å². The number of carbonyl (C=O) groups excluding carboxylic acids is 1. The third kappa shape index (κ3) is 4.49. The van der Waals surface area contributed by atoms with Crippen molar-refractivity contribution in [2.75, 3.05) is 30.4 Å². The molecule has 0 fully saturated rings. The lowest BCUT2D eigenvalue weighted by molar-refractivity contribution is 0.164. The molecule has 1 heterocycles. The Morgan fingerprint density at radius 2 is 2.09 bits per heavy atom. The summed E-state index contributed by atoms with van der Waals surface area (Å²) in [5.41, 5.74) is 1.20. The minimum absolute atomic E-state index is 0.233. The number of nitriles is 1. The van der Waals surface area contributed by atoms with E-state index in [-0.39, 0.29) is 6.61 Å². The second-order valence-electron chi connectivity index (χ2n) is 4.57. The molecule has 0 atom stereocenters. The van der Waals surface area contributed by atoms with Gasteiger partial charge in [-0.2, -0.15) is 5.26 Å². The Morgan fingerprint density at radius 1 is 1.32 bits per heavy atom. The minimum Gasteiger partial charge on any atom is -0.447 e. The minimum atomic E-state index is -0.493. The quantitative estimate of drug-likeness (QED) is 0.917. The smallest absolute Gasteiger partial charge is 0.411 e. The molecule has 6 heteroatoms. The zero-order chi connectivity index (χ0) is 15.8. The Labute approximate surface area is 129 Å². The summed E-state index contributed by atoms with van der Waals surface area (Å²) in [5, 5.41) is 11.4. The molecule has 0 bridgehead atoms. The Morgan fingerprint density at radius 3 is 2.73 bits per heavy atom. The second-order valence-corrected chi connectivity index (χ2v) is 4.57. The summed E-state index contributed by atoms with van der Waals surface area (Å²) in [6.07, 6.45) is 1.02. The number of para-hydroxylation sites is 1. The summed E-state index contributed by atoms with van der Waals surface area (Å²) in [6.45, 7) is 0.734. The van der Waals surface area contributed by atoms with E-state index in [9.17, 15) is 4.79 Å². The summed E-state index contributed by atoms with van der Waals surface area (Å²) in [4.78, 5) is 17.6. The highest BCUT2D eigenvalue weighted by molar-refractivity contribution is 5.84. The van der Waals surface area contributed by atoms with Crippen LogP contribution in [0, 0.1) is 11.3 Å². The van der Waals surface area contributed by atoms with Crippen LogP contribution in [0.3, 0.4) is 0 Å². The van der Waals surface area contributed by atoms with Gasteiger partial charge in [0, 0.05) is 18.9 Å². The van der Waals surface area contributed by atoms with Crippen LogP contribution >= 0.6 is 0 Å². The normalized spacial score (nSPS) is 9.64. The molecular weight excluding hydrogens is 280 g/mol. The molecule has 0 saturated carbocycles. The van der Waals surface area contributed by atoms with Crippen LogP contribution in [-0.4, -0.2) is 31.3 Å². The highest BCUT2D eigenvalue weighted by atomic mass is 16.5. The van der Waals surface area contributed by atoms with Crippen molar-refractivity contribution in [1.82, 2.24) is 4.98 Å². The molecule has 0 radical (unpaired) electrons. The molecule has 0 aliphatic rings. The molecule has 1 amide bonds. The lowest BCUT2D eigenvalue weighted by Crippen LogP contribution is -2.26. The van der Waals surface area contributed by atoms with E-state index in [1.54, 1.807) is 24.3 Å². The molecule has 1 aromatic carbocycles. The standard InChI is InChI=1S/C16H16N4O2/c1-20(15-8-7-13(11-17)12-18-15)9-10-22-16(21)19-14-5-3-2-4-6-14/h2-8,12H,9-10H2,1H3,(H,19,21). The number of anilines is 2. The molecule has 0 saturated heterocycles. The summed E-state index contributed by atoms with van der Waals surface area (Å²) in [6, 6.07) is 14.6. The molecule has 0 spiro atoms. The fraction of sp³-hybridized carbons (Fsp3) is 0.188. The maximum absolute atomic E-state index is 11.6. The molecule has 112 valence electrons. The zero-order valence-electron chi connectivity index (χ0n) is 12.2. The first-order chi connectivity index (χ1) is 10.7. The monoisotopic (exact) mass is 296 g/mol. The Hall–Kier alpha value is -3.07. The molecule has 0 aliphatic carbocycles. The molecule has 2 aromatic rings. The number of carbonyl (C=O) groups is 1. The first-order valence-corrected chi connectivity index (χ1v) is 6.75. The number of ether oxygens (including phenoxy) is 1. The zero-order valence-corrected chi connectivity index (χ0v) is 12.2. The molecule has 1 aromatic heterocycles. The third-order valence-corrected chi connectivity index (χ3v) is 2.95. The third-order valence-electron chi connectivity index (χ3n) is 2.95. The van der Waals surface area contributed by atoms with Crippen LogP contribution in [-0.2, 0) is 4.74 Å². The van der Waals surface area contributed by atoms with Crippen molar-refractivity contribution < 1.29 is 9.53 Å². The van der Waals surface area contributed by atoms with Gasteiger partial charge in [-0.1, -0.05) is 18.2 Å². The van der Waals surface area contributed by atoms with Gasteiger partial charge in [-0.05, 0) is 24.3 Å².